The summed E-state index contributed by atoms with van der Waals surface area (Å²) in [6, 6.07) is 36.6. The van der Waals surface area contributed by atoms with Crippen LogP contribution in [0.3, 0.4) is 0 Å². The second-order valence-corrected chi connectivity index (χ2v) is 23.2. The van der Waals surface area contributed by atoms with Gasteiger partial charge in [0.05, 0.1) is 32.0 Å². The fourth-order valence-electron chi connectivity index (χ4n) is 7.68. The molecular weight excluding hydrogens is 947 g/mol. The van der Waals surface area contributed by atoms with Gasteiger partial charge in [0, 0.05) is 12.6 Å². The zero-order valence-corrected chi connectivity index (χ0v) is 40.7. The molecule has 0 saturated heterocycles. The van der Waals surface area contributed by atoms with Gasteiger partial charge < -0.3 is 18.1 Å². The molecule has 0 aliphatic heterocycles. The van der Waals surface area contributed by atoms with Crippen molar-refractivity contribution in [1.29, 1.82) is 0 Å². The Kier molecular flexibility index (Phi) is 16.0. The van der Waals surface area contributed by atoms with Crippen molar-refractivity contribution >= 4 is 62.2 Å². The molecular formula is C50H48N2O12P2S2. The van der Waals surface area contributed by atoms with Crippen LogP contribution in [-0.4, -0.2) is 62.7 Å². The maximum Gasteiger partial charge on any atom is 0.399 e. The summed E-state index contributed by atoms with van der Waals surface area (Å²) in [7, 11) is -14.7. The van der Waals surface area contributed by atoms with E-state index in [4.69, 9.17) is 18.1 Å². The minimum absolute atomic E-state index is 0.0211. The van der Waals surface area contributed by atoms with Gasteiger partial charge in [-0.15, -0.1) is 8.15 Å². The third-order valence-corrected chi connectivity index (χ3v) is 19.1. The number of aldehydes is 4. The number of rotatable bonds is 21. The van der Waals surface area contributed by atoms with Crippen LogP contribution in [0.25, 0.3) is 0 Å². The Balaban J connectivity index is 1.38. The van der Waals surface area contributed by atoms with Gasteiger partial charge in [0.2, 0.25) is 0 Å². The van der Waals surface area contributed by atoms with Crippen LogP contribution in [-0.2, 0) is 20.0 Å². The molecule has 68 heavy (non-hydrogen) atoms. The number of hydrogen-bond acceptors (Lipinski definition) is 12. The number of carbonyl (C=O) groups is 4. The number of benzene rings is 6. The van der Waals surface area contributed by atoms with Crippen LogP contribution in [0.4, 0.5) is 0 Å². The van der Waals surface area contributed by atoms with Crippen LogP contribution < -0.4 is 18.1 Å². The van der Waals surface area contributed by atoms with Crippen molar-refractivity contribution in [2.75, 3.05) is 6.54 Å². The molecule has 18 heteroatoms. The molecule has 1 aliphatic carbocycles. The molecule has 0 heterocycles. The number of para-hydroxylation sites is 4. The summed E-state index contributed by atoms with van der Waals surface area (Å²) >= 11 is 0. The summed E-state index contributed by atoms with van der Waals surface area (Å²) in [6.07, 6.45) is 3.36. The SMILES string of the molecule is Cc1ccc(S(=O)(=O)N(CC2(C)CCCC(N(P(Oc3ccccc3C=O)Oc3ccccc3C=O)S(=O)(=O)c3ccc(C)cc3)C2)P(Oc2ccccc2C=O)Oc2ccccc2C=O)cc1. The molecule has 6 aromatic carbocycles. The van der Waals surface area contributed by atoms with E-state index in [1.807, 2.05) is 20.8 Å². The second-order valence-electron chi connectivity index (χ2n) is 16.4. The van der Waals surface area contributed by atoms with Gasteiger partial charge in [0.15, 0.2) is 25.1 Å². The number of aryl methyl sites for hydroxylation is 2. The number of carbonyl (C=O) groups excluding carboxylic acids is 4. The lowest BCUT2D eigenvalue weighted by Crippen LogP contribution is -2.47. The molecule has 1 fully saturated rings. The monoisotopic (exact) mass is 994 g/mol. The molecule has 0 bridgehead atoms. The van der Waals surface area contributed by atoms with Crippen molar-refractivity contribution in [3.63, 3.8) is 0 Å². The van der Waals surface area contributed by atoms with Crippen LogP contribution in [0.2, 0.25) is 0 Å². The summed E-state index contributed by atoms with van der Waals surface area (Å²) in [5.74, 6) is 0.103. The van der Waals surface area contributed by atoms with Gasteiger partial charge in [-0.3, -0.25) is 19.2 Å². The molecule has 6 aromatic rings. The first-order chi connectivity index (χ1) is 32.7. The standard InChI is InChI=1S/C50H48N2O12P2S2/c1-37-22-26-44(27-23-37)67(57,58)51(65(61-46-18-8-4-13-39(46)32-53)62-47-19-9-5-14-40(47)33-54)36-50(3)30-12-17-43(31-50)52(68(59,60)45-28-24-38(2)25-29-45)66(63-48-20-10-6-15-41(48)34-55)64-49-21-11-7-16-42(49)35-56/h4-11,13-16,18-29,32-35,43H,12,17,30-31,36H2,1-3H3. The lowest BCUT2D eigenvalue weighted by Gasteiger charge is -2.45. The molecule has 0 N–H and O–H groups in total. The lowest BCUT2D eigenvalue weighted by molar-refractivity contribution is 0.111. The Morgan fingerprint density at radius 2 is 0.882 bits per heavy atom. The largest absolute Gasteiger partial charge is 0.426 e. The van der Waals surface area contributed by atoms with Crippen LogP contribution in [0.5, 0.6) is 23.0 Å². The average Bonchev–Trinajstić information content (AvgIpc) is 3.34. The molecule has 2 atom stereocenters. The quantitative estimate of drug-likeness (QED) is 0.0493. The molecule has 0 radical (unpaired) electrons. The predicted molar refractivity (Wildman–Crippen MR) is 259 cm³/mol. The summed E-state index contributed by atoms with van der Waals surface area (Å²) in [5, 5.41) is 0. The normalized spacial score (nSPS) is 16.3. The number of hydrogen-bond donors (Lipinski definition) is 0. The highest BCUT2D eigenvalue weighted by atomic mass is 32.2. The molecule has 0 amide bonds. The van der Waals surface area contributed by atoms with E-state index >= 15 is 16.8 Å². The minimum Gasteiger partial charge on any atom is -0.426 e. The fraction of sp³-hybridized carbons (Fsp3) is 0.200. The van der Waals surface area contributed by atoms with Crippen molar-refractivity contribution in [3.8, 4) is 23.0 Å². The van der Waals surface area contributed by atoms with Crippen LogP contribution in [0.15, 0.2) is 155 Å². The smallest absolute Gasteiger partial charge is 0.399 e. The first-order valence-electron chi connectivity index (χ1n) is 21.4. The van der Waals surface area contributed by atoms with Crippen molar-refractivity contribution < 1.29 is 54.1 Å². The Labute approximate surface area is 398 Å². The topological polar surface area (TPSA) is 180 Å². The van der Waals surface area contributed by atoms with Gasteiger partial charge in [-0.1, -0.05) is 97.3 Å². The molecule has 1 saturated carbocycles. The lowest BCUT2D eigenvalue weighted by atomic mass is 9.74. The molecule has 1 aliphatic rings. The van der Waals surface area contributed by atoms with Crippen molar-refractivity contribution in [2.45, 2.75) is 62.3 Å². The Bertz CT molecular complexity index is 2890. The summed E-state index contributed by atoms with van der Waals surface area (Å²) < 4.78 is 89.4. The summed E-state index contributed by atoms with van der Waals surface area (Å²) in [4.78, 5) is 49.1. The van der Waals surface area contributed by atoms with Crippen molar-refractivity contribution in [2.24, 2.45) is 5.41 Å². The van der Waals surface area contributed by atoms with Crippen LogP contribution >= 0.6 is 17.1 Å². The molecule has 0 aromatic heterocycles. The highest BCUT2D eigenvalue weighted by molar-refractivity contribution is 7.94. The maximum absolute atomic E-state index is 15.4. The Morgan fingerprint density at radius 1 is 0.529 bits per heavy atom. The zero-order valence-electron chi connectivity index (χ0n) is 37.3. The summed E-state index contributed by atoms with van der Waals surface area (Å²) in [6.45, 7) is 5.17. The molecule has 0 spiro atoms. The maximum atomic E-state index is 15.4. The minimum atomic E-state index is -4.57. The van der Waals surface area contributed by atoms with Crippen LogP contribution in [0.1, 0.15) is 85.2 Å². The molecule has 352 valence electrons. The first-order valence-corrected chi connectivity index (χ1v) is 26.5. The second kappa shape index (κ2) is 21.9. The van der Waals surface area contributed by atoms with Gasteiger partial charge in [-0.2, -0.15) is 0 Å². The van der Waals surface area contributed by atoms with Crippen molar-refractivity contribution in [3.05, 3.63) is 179 Å². The van der Waals surface area contributed by atoms with E-state index in [0.29, 0.717) is 38.0 Å². The highest BCUT2D eigenvalue weighted by Gasteiger charge is 2.50. The molecule has 14 nitrogen and oxygen atoms in total. The van der Waals surface area contributed by atoms with E-state index in [0.717, 1.165) is 19.3 Å². The van der Waals surface area contributed by atoms with Gasteiger partial charge in [-0.05, 0) is 111 Å². The highest BCUT2D eigenvalue weighted by Crippen LogP contribution is 2.56. The third-order valence-electron chi connectivity index (χ3n) is 11.3. The van der Waals surface area contributed by atoms with Gasteiger partial charge >= 0.3 is 17.1 Å². The van der Waals surface area contributed by atoms with E-state index in [9.17, 15) is 19.2 Å². The van der Waals surface area contributed by atoms with E-state index in [1.165, 1.54) is 72.8 Å². The third kappa shape index (κ3) is 11.4. The predicted octanol–water partition coefficient (Wildman–Crippen LogP) is 11.0. The zero-order chi connectivity index (χ0) is 48.5. The van der Waals surface area contributed by atoms with E-state index in [2.05, 4.69) is 0 Å². The molecule has 2 unspecified atom stereocenters. The Hall–Kier alpha value is -6.12. The average molecular weight is 995 g/mol. The van der Waals surface area contributed by atoms with E-state index < -0.39 is 48.6 Å². The van der Waals surface area contributed by atoms with Crippen LogP contribution in [0, 0.1) is 19.3 Å². The Morgan fingerprint density at radius 3 is 1.26 bits per heavy atom. The van der Waals surface area contributed by atoms with Crippen molar-refractivity contribution in [1.82, 2.24) is 8.15 Å². The van der Waals surface area contributed by atoms with E-state index in [-0.39, 0.29) is 74.4 Å². The van der Waals surface area contributed by atoms with Gasteiger partial charge in [0.25, 0.3) is 20.0 Å². The first kappa shape index (κ1) is 49.8. The number of sulfonamides is 2. The van der Waals surface area contributed by atoms with Gasteiger partial charge in [0.1, 0.15) is 23.0 Å². The molecule has 7 rings (SSSR count). The fourth-order valence-corrected chi connectivity index (χ4v) is 15.2. The van der Waals surface area contributed by atoms with Gasteiger partial charge in [-0.25, -0.2) is 16.8 Å². The summed E-state index contributed by atoms with van der Waals surface area (Å²) in [5.41, 5.74) is 0.999. The van der Waals surface area contributed by atoms with E-state index in [1.54, 1.807) is 72.8 Å². The number of nitrogens with zero attached hydrogens (tertiary/aromatic N) is 2.